The van der Waals surface area contributed by atoms with E-state index < -0.39 is 6.04 Å². The zero-order valence-electron chi connectivity index (χ0n) is 20.6. The summed E-state index contributed by atoms with van der Waals surface area (Å²) in [4.78, 5) is 33.7. The molecule has 1 aromatic heterocycles. The van der Waals surface area contributed by atoms with E-state index in [1.165, 1.54) is 17.4 Å². The van der Waals surface area contributed by atoms with Crippen molar-refractivity contribution in [1.29, 1.82) is 0 Å². The number of nitrogens with one attached hydrogen (secondary N) is 2. The van der Waals surface area contributed by atoms with E-state index in [4.69, 9.17) is 9.72 Å². The van der Waals surface area contributed by atoms with Crippen molar-refractivity contribution in [3.8, 4) is 11.3 Å². The van der Waals surface area contributed by atoms with Crippen LogP contribution in [0.4, 0.5) is 4.39 Å². The molecule has 0 saturated carbocycles. The number of thiazole rings is 1. The minimum absolute atomic E-state index is 0.0222. The number of halogens is 1. The summed E-state index contributed by atoms with van der Waals surface area (Å²) in [6.07, 6.45) is 4.04. The van der Waals surface area contributed by atoms with E-state index in [0.29, 0.717) is 25.1 Å². The third-order valence-electron chi connectivity index (χ3n) is 7.93. The third kappa shape index (κ3) is 4.76. The summed E-state index contributed by atoms with van der Waals surface area (Å²) in [6, 6.07) is 9.80. The SMILES string of the molecule is O=C(N[C@H](C(=O)N1CCC[C@H]1c1nc(-c2ccc(F)c3ccccc23)cs1)C1CCOCC1)[C@@H]1CCN1. The van der Waals surface area contributed by atoms with Gasteiger partial charge in [0, 0.05) is 36.1 Å². The molecule has 0 radical (unpaired) electrons. The molecule has 37 heavy (non-hydrogen) atoms. The Hall–Kier alpha value is -2.88. The van der Waals surface area contributed by atoms with Crippen LogP contribution in [0.2, 0.25) is 0 Å². The largest absolute Gasteiger partial charge is 0.381 e. The van der Waals surface area contributed by atoms with E-state index in [1.54, 1.807) is 12.1 Å². The fraction of sp³-hybridized carbons (Fsp3) is 0.464. The van der Waals surface area contributed by atoms with Gasteiger partial charge in [0.05, 0.1) is 17.8 Å². The lowest BCUT2D eigenvalue weighted by Crippen LogP contribution is -2.60. The molecule has 3 aliphatic rings. The van der Waals surface area contributed by atoms with Gasteiger partial charge in [-0.2, -0.15) is 0 Å². The number of ether oxygens (including phenoxy) is 1. The van der Waals surface area contributed by atoms with E-state index in [2.05, 4.69) is 10.6 Å². The Labute approximate surface area is 219 Å². The normalized spacial score (nSPS) is 23.1. The van der Waals surface area contributed by atoms with Crippen LogP contribution in [0.25, 0.3) is 22.0 Å². The number of carbonyl (C=O) groups is 2. The smallest absolute Gasteiger partial charge is 0.246 e. The first kappa shape index (κ1) is 24.5. The standard InChI is InChI=1S/C28H31FN4O3S/c29-21-8-7-20(18-4-1-2-5-19(18)21)23-16-37-27(31-23)24-6-3-13-33(24)28(35)25(17-10-14-36-15-11-17)32-26(34)22-9-12-30-22/h1-2,4-5,7-8,16-17,22,24-25,30H,3,6,9-15H2,(H,32,34)/t22-,24-,25-/m0/s1. The van der Waals surface area contributed by atoms with Crippen LogP contribution in [0.5, 0.6) is 0 Å². The summed E-state index contributed by atoms with van der Waals surface area (Å²) in [5.74, 6) is -0.303. The van der Waals surface area contributed by atoms with Crippen molar-refractivity contribution in [1.82, 2.24) is 20.5 Å². The van der Waals surface area contributed by atoms with Crippen LogP contribution in [0.3, 0.4) is 0 Å². The molecular weight excluding hydrogens is 491 g/mol. The molecule has 3 atom stereocenters. The van der Waals surface area contributed by atoms with Gasteiger partial charge in [0.2, 0.25) is 11.8 Å². The highest BCUT2D eigenvalue weighted by Crippen LogP contribution is 2.38. The molecule has 7 nitrogen and oxygen atoms in total. The highest BCUT2D eigenvalue weighted by Gasteiger charge is 2.41. The number of hydrogen-bond donors (Lipinski definition) is 2. The number of amides is 2. The fourth-order valence-electron chi connectivity index (χ4n) is 5.71. The molecular formula is C28H31FN4O3S. The number of carbonyl (C=O) groups excluding carboxylic acids is 2. The second-order valence-electron chi connectivity index (χ2n) is 10.1. The molecule has 2 aromatic carbocycles. The van der Waals surface area contributed by atoms with Crippen molar-refractivity contribution in [3.63, 3.8) is 0 Å². The summed E-state index contributed by atoms with van der Waals surface area (Å²) in [5.41, 5.74) is 1.68. The van der Waals surface area contributed by atoms with Gasteiger partial charge < -0.3 is 20.3 Å². The van der Waals surface area contributed by atoms with Gasteiger partial charge in [0.1, 0.15) is 16.9 Å². The van der Waals surface area contributed by atoms with Crippen LogP contribution < -0.4 is 10.6 Å². The summed E-state index contributed by atoms with van der Waals surface area (Å²) in [7, 11) is 0. The summed E-state index contributed by atoms with van der Waals surface area (Å²) < 4.78 is 19.9. The first-order valence-corrected chi connectivity index (χ1v) is 14.0. The molecule has 0 unspecified atom stereocenters. The summed E-state index contributed by atoms with van der Waals surface area (Å²) >= 11 is 1.54. The van der Waals surface area contributed by atoms with Crippen molar-refractivity contribution >= 4 is 33.9 Å². The Morgan fingerprint density at radius 2 is 1.89 bits per heavy atom. The highest BCUT2D eigenvalue weighted by atomic mass is 32.1. The van der Waals surface area contributed by atoms with Gasteiger partial charge in [-0.25, -0.2) is 9.37 Å². The Morgan fingerprint density at radius 1 is 1.11 bits per heavy atom. The van der Waals surface area contributed by atoms with Crippen molar-refractivity contribution in [3.05, 3.63) is 52.6 Å². The Kier molecular flexibility index (Phi) is 6.92. The van der Waals surface area contributed by atoms with E-state index >= 15 is 0 Å². The van der Waals surface area contributed by atoms with Crippen molar-refractivity contribution in [2.45, 2.75) is 50.2 Å². The van der Waals surface area contributed by atoms with Crippen molar-refractivity contribution < 1.29 is 18.7 Å². The lowest BCUT2D eigenvalue weighted by atomic mass is 9.90. The maximum atomic E-state index is 14.4. The van der Waals surface area contributed by atoms with Gasteiger partial charge in [-0.15, -0.1) is 11.3 Å². The number of hydrogen-bond acceptors (Lipinski definition) is 6. The second kappa shape index (κ2) is 10.5. The molecule has 2 N–H and O–H groups in total. The molecule has 3 aliphatic heterocycles. The topological polar surface area (TPSA) is 83.6 Å². The molecule has 0 bridgehead atoms. The number of fused-ring (bicyclic) bond motifs is 1. The van der Waals surface area contributed by atoms with Gasteiger partial charge >= 0.3 is 0 Å². The minimum atomic E-state index is -0.556. The summed E-state index contributed by atoms with van der Waals surface area (Å²) in [6.45, 7) is 2.70. The van der Waals surface area contributed by atoms with Gasteiger partial charge in [-0.05, 0) is 62.1 Å². The minimum Gasteiger partial charge on any atom is -0.381 e. The lowest BCUT2D eigenvalue weighted by Gasteiger charge is -2.36. The monoisotopic (exact) mass is 522 g/mol. The van der Waals surface area contributed by atoms with Crippen LogP contribution in [0, 0.1) is 11.7 Å². The predicted molar refractivity (Wildman–Crippen MR) is 141 cm³/mol. The number of benzene rings is 2. The Bertz CT molecular complexity index is 1300. The molecule has 2 amide bonds. The number of nitrogens with zero attached hydrogens (tertiary/aromatic N) is 2. The van der Waals surface area contributed by atoms with E-state index in [1.807, 2.05) is 28.5 Å². The molecule has 3 aromatic rings. The second-order valence-corrected chi connectivity index (χ2v) is 11.0. The van der Waals surface area contributed by atoms with Gasteiger partial charge in [0.25, 0.3) is 0 Å². The molecule has 3 fully saturated rings. The molecule has 0 aliphatic carbocycles. The molecule has 0 spiro atoms. The van der Waals surface area contributed by atoms with Crippen LogP contribution >= 0.6 is 11.3 Å². The molecule has 4 heterocycles. The van der Waals surface area contributed by atoms with Gasteiger partial charge in [0.15, 0.2) is 0 Å². The quantitative estimate of drug-likeness (QED) is 0.511. The summed E-state index contributed by atoms with van der Waals surface area (Å²) in [5, 5.41) is 10.5. The van der Waals surface area contributed by atoms with Crippen LogP contribution in [0.15, 0.2) is 41.8 Å². The first-order valence-electron chi connectivity index (χ1n) is 13.1. The fourth-order valence-corrected chi connectivity index (χ4v) is 6.68. The van der Waals surface area contributed by atoms with E-state index in [9.17, 15) is 14.0 Å². The molecule has 3 saturated heterocycles. The first-order chi connectivity index (χ1) is 18.1. The number of aromatic nitrogens is 1. The van der Waals surface area contributed by atoms with Crippen LogP contribution in [-0.4, -0.2) is 60.1 Å². The average Bonchev–Trinajstić information content (AvgIpc) is 3.57. The lowest BCUT2D eigenvalue weighted by molar-refractivity contribution is -0.140. The highest BCUT2D eigenvalue weighted by molar-refractivity contribution is 7.10. The predicted octanol–water partition coefficient (Wildman–Crippen LogP) is 4.04. The zero-order chi connectivity index (χ0) is 25.4. The van der Waals surface area contributed by atoms with Crippen LogP contribution in [-0.2, 0) is 14.3 Å². The van der Waals surface area contributed by atoms with Crippen molar-refractivity contribution in [2.24, 2.45) is 5.92 Å². The van der Waals surface area contributed by atoms with Crippen LogP contribution in [0.1, 0.15) is 43.2 Å². The maximum Gasteiger partial charge on any atom is 0.246 e. The Balaban J connectivity index is 1.26. The average molecular weight is 523 g/mol. The number of rotatable bonds is 6. The van der Waals surface area contributed by atoms with Crippen molar-refractivity contribution in [2.75, 3.05) is 26.3 Å². The van der Waals surface area contributed by atoms with Gasteiger partial charge in [-0.3, -0.25) is 9.59 Å². The van der Waals surface area contributed by atoms with Gasteiger partial charge in [-0.1, -0.05) is 24.3 Å². The van der Waals surface area contributed by atoms with E-state index in [-0.39, 0.29) is 35.6 Å². The third-order valence-corrected chi connectivity index (χ3v) is 8.88. The van der Waals surface area contributed by atoms with E-state index in [0.717, 1.165) is 60.3 Å². The molecule has 9 heteroatoms. The zero-order valence-corrected chi connectivity index (χ0v) is 21.4. The molecule has 194 valence electrons. The maximum absolute atomic E-state index is 14.4. The molecule has 6 rings (SSSR count). The number of likely N-dealkylation sites (tertiary alicyclic amines) is 1. The Morgan fingerprint density at radius 3 is 2.65 bits per heavy atom.